The highest BCUT2D eigenvalue weighted by molar-refractivity contribution is 6.00. The summed E-state index contributed by atoms with van der Waals surface area (Å²) in [4.78, 5) is 4.61. The molecule has 0 spiro atoms. The van der Waals surface area contributed by atoms with E-state index in [9.17, 15) is 0 Å². The van der Waals surface area contributed by atoms with E-state index in [2.05, 4.69) is 36.2 Å². The molecule has 0 atom stereocenters. The average Bonchev–Trinajstić information content (AvgIpc) is 2.30. The summed E-state index contributed by atoms with van der Waals surface area (Å²) >= 11 is 0. The summed E-state index contributed by atoms with van der Waals surface area (Å²) in [5.74, 6) is 0. The topological polar surface area (TPSA) is 12.4 Å². The van der Waals surface area contributed by atoms with Crippen molar-refractivity contribution in [3.63, 3.8) is 0 Å². The van der Waals surface area contributed by atoms with Crippen LogP contribution in [0.25, 0.3) is 0 Å². The Morgan fingerprint density at radius 3 is 2.38 bits per heavy atom. The molecule has 2 rings (SSSR count). The molecule has 0 aromatic heterocycles. The van der Waals surface area contributed by atoms with Gasteiger partial charge in [0.05, 0.1) is 5.69 Å². The first kappa shape index (κ1) is 10.6. The van der Waals surface area contributed by atoms with Gasteiger partial charge in [0.2, 0.25) is 0 Å². The van der Waals surface area contributed by atoms with Gasteiger partial charge in [0.1, 0.15) is 0 Å². The third-order valence-corrected chi connectivity index (χ3v) is 2.49. The number of aryl methyl sites for hydroxylation is 1. The molecule has 0 aliphatic rings. The fraction of sp³-hybridized carbons (Fsp3) is 0.133. The molecule has 0 N–H and O–H groups in total. The third kappa shape index (κ3) is 2.57. The summed E-state index contributed by atoms with van der Waals surface area (Å²) in [5.41, 5.74) is 4.47. The molecule has 0 aliphatic carbocycles. The smallest absolute Gasteiger partial charge is 0.0635 e. The fourth-order valence-electron chi connectivity index (χ4n) is 1.64. The van der Waals surface area contributed by atoms with E-state index in [4.69, 9.17) is 0 Å². The minimum absolute atomic E-state index is 1.02. The van der Waals surface area contributed by atoms with Crippen LogP contribution >= 0.6 is 0 Å². The second-order valence-corrected chi connectivity index (χ2v) is 3.90. The molecule has 0 bridgehead atoms. The normalized spacial score (nSPS) is 11.5. The molecule has 16 heavy (non-hydrogen) atoms. The zero-order chi connectivity index (χ0) is 11.4. The van der Waals surface area contributed by atoms with Crippen molar-refractivity contribution in [2.24, 2.45) is 4.99 Å². The summed E-state index contributed by atoms with van der Waals surface area (Å²) < 4.78 is 0. The second-order valence-electron chi connectivity index (χ2n) is 3.90. The molecule has 0 unspecified atom stereocenters. The van der Waals surface area contributed by atoms with Gasteiger partial charge in [-0.3, -0.25) is 4.99 Å². The molecular formula is C15H15N. The Balaban J connectivity index is 2.32. The van der Waals surface area contributed by atoms with Gasteiger partial charge in [0.15, 0.2) is 0 Å². The quantitative estimate of drug-likeness (QED) is 0.659. The zero-order valence-electron chi connectivity index (χ0n) is 9.64. The molecule has 0 aliphatic heterocycles. The predicted octanol–water partition coefficient (Wildman–Crippen LogP) is 4.14. The second kappa shape index (κ2) is 4.75. The Morgan fingerprint density at radius 2 is 1.69 bits per heavy atom. The van der Waals surface area contributed by atoms with E-state index < -0.39 is 0 Å². The van der Waals surface area contributed by atoms with Gasteiger partial charge in [-0.05, 0) is 37.1 Å². The Bertz CT molecular complexity index is 498. The zero-order valence-corrected chi connectivity index (χ0v) is 9.64. The maximum Gasteiger partial charge on any atom is 0.0635 e. The maximum atomic E-state index is 4.61. The molecule has 0 amide bonds. The van der Waals surface area contributed by atoms with Crippen LogP contribution in [0.1, 0.15) is 18.1 Å². The molecule has 2 aromatic carbocycles. The van der Waals surface area contributed by atoms with Crippen molar-refractivity contribution < 1.29 is 0 Å². The molecule has 0 saturated carbocycles. The monoisotopic (exact) mass is 209 g/mol. The Morgan fingerprint density at radius 1 is 0.938 bits per heavy atom. The lowest BCUT2D eigenvalue weighted by molar-refractivity contribution is 1.41. The van der Waals surface area contributed by atoms with Gasteiger partial charge in [0.25, 0.3) is 0 Å². The first-order chi connectivity index (χ1) is 7.75. The van der Waals surface area contributed by atoms with Crippen molar-refractivity contribution in [2.45, 2.75) is 13.8 Å². The SMILES string of the molecule is C/C(=N/c1cccc(C)c1)c1ccccc1. The number of aliphatic imine (C=N–C) groups is 1. The van der Waals surface area contributed by atoms with Crippen LogP contribution in [0.3, 0.4) is 0 Å². The maximum absolute atomic E-state index is 4.61. The van der Waals surface area contributed by atoms with Gasteiger partial charge in [0, 0.05) is 5.71 Å². The third-order valence-electron chi connectivity index (χ3n) is 2.49. The number of rotatable bonds is 2. The van der Waals surface area contributed by atoms with E-state index in [0.29, 0.717) is 0 Å². The van der Waals surface area contributed by atoms with Crippen LogP contribution in [-0.2, 0) is 0 Å². The van der Waals surface area contributed by atoms with Gasteiger partial charge in [-0.25, -0.2) is 0 Å². The Kier molecular flexibility index (Phi) is 3.16. The van der Waals surface area contributed by atoms with Gasteiger partial charge in [-0.15, -0.1) is 0 Å². The highest BCUT2D eigenvalue weighted by atomic mass is 14.7. The van der Waals surface area contributed by atoms with Crippen LogP contribution in [0.4, 0.5) is 5.69 Å². The van der Waals surface area contributed by atoms with Crippen molar-refractivity contribution in [3.8, 4) is 0 Å². The fourth-order valence-corrected chi connectivity index (χ4v) is 1.64. The Hall–Kier alpha value is -1.89. The van der Waals surface area contributed by atoms with Gasteiger partial charge in [-0.1, -0.05) is 42.5 Å². The lowest BCUT2D eigenvalue weighted by Gasteiger charge is -2.01. The molecule has 80 valence electrons. The van der Waals surface area contributed by atoms with Crippen molar-refractivity contribution in [2.75, 3.05) is 0 Å². The lowest BCUT2D eigenvalue weighted by Crippen LogP contribution is -1.92. The first-order valence-electron chi connectivity index (χ1n) is 5.43. The largest absolute Gasteiger partial charge is 0.253 e. The van der Waals surface area contributed by atoms with Crippen LogP contribution in [0.2, 0.25) is 0 Å². The number of hydrogen-bond acceptors (Lipinski definition) is 1. The van der Waals surface area contributed by atoms with E-state index in [1.54, 1.807) is 0 Å². The number of nitrogens with zero attached hydrogens (tertiary/aromatic N) is 1. The minimum Gasteiger partial charge on any atom is -0.253 e. The van der Waals surface area contributed by atoms with Crippen molar-refractivity contribution in [1.29, 1.82) is 0 Å². The van der Waals surface area contributed by atoms with E-state index in [1.165, 1.54) is 11.1 Å². The highest BCUT2D eigenvalue weighted by Gasteiger charge is 1.96. The van der Waals surface area contributed by atoms with E-state index in [-0.39, 0.29) is 0 Å². The predicted molar refractivity (Wildman–Crippen MR) is 69.5 cm³/mol. The van der Waals surface area contributed by atoms with Crippen LogP contribution in [-0.4, -0.2) is 5.71 Å². The van der Waals surface area contributed by atoms with Crippen molar-refractivity contribution in [3.05, 3.63) is 65.7 Å². The molecule has 0 heterocycles. The summed E-state index contributed by atoms with van der Waals surface area (Å²) in [6.45, 7) is 4.12. The van der Waals surface area contributed by atoms with Crippen molar-refractivity contribution >= 4 is 11.4 Å². The van der Waals surface area contributed by atoms with Crippen LogP contribution < -0.4 is 0 Å². The molecule has 0 radical (unpaired) electrons. The van der Waals surface area contributed by atoms with E-state index >= 15 is 0 Å². The highest BCUT2D eigenvalue weighted by Crippen LogP contribution is 2.15. The Labute approximate surface area is 96.5 Å². The van der Waals surface area contributed by atoms with Crippen LogP contribution in [0.15, 0.2) is 59.6 Å². The minimum atomic E-state index is 1.02. The molecule has 1 nitrogen and oxygen atoms in total. The van der Waals surface area contributed by atoms with Crippen LogP contribution in [0.5, 0.6) is 0 Å². The van der Waals surface area contributed by atoms with E-state index in [1.807, 2.05) is 37.3 Å². The summed E-state index contributed by atoms with van der Waals surface area (Å²) in [5, 5.41) is 0. The molecular weight excluding hydrogens is 194 g/mol. The molecule has 1 heteroatoms. The standard InChI is InChI=1S/C15H15N/c1-12-7-6-10-15(11-12)16-13(2)14-8-4-3-5-9-14/h3-11H,1-2H3/b16-13-. The average molecular weight is 209 g/mol. The number of benzene rings is 2. The first-order valence-corrected chi connectivity index (χ1v) is 5.43. The van der Waals surface area contributed by atoms with E-state index in [0.717, 1.165) is 11.4 Å². The summed E-state index contributed by atoms with van der Waals surface area (Å²) in [6, 6.07) is 18.5. The molecule has 0 fully saturated rings. The molecule has 2 aromatic rings. The van der Waals surface area contributed by atoms with Crippen molar-refractivity contribution in [1.82, 2.24) is 0 Å². The summed E-state index contributed by atoms with van der Waals surface area (Å²) in [6.07, 6.45) is 0. The lowest BCUT2D eigenvalue weighted by atomic mass is 10.1. The molecule has 0 saturated heterocycles. The van der Waals surface area contributed by atoms with Gasteiger partial charge < -0.3 is 0 Å². The number of hydrogen-bond donors (Lipinski definition) is 0. The van der Waals surface area contributed by atoms with Crippen LogP contribution in [0, 0.1) is 6.92 Å². The van der Waals surface area contributed by atoms with Gasteiger partial charge in [-0.2, -0.15) is 0 Å². The van der Waals surface area contributed by atoms with Gasteiger partial charge >= 0.3 is 0 Å². The summed E-state index contributed by atoms with van der Waals surface area (Å²) in [7, 11) is 0.